The maximum Gasteiger partial charge on any atom is 0.270 e. The van der Waals surface area contributed by atoms with Crippen LogP contribution in [0.4, 0.5) is 0 Å². The van der Waals surface area contributed by atoms with E-state index in [4.69, 9.17) is 5.26 Å². The number of fused-ring (bicyclic) bond motifs is 5. The summed E-state index contributed by atoms with van der Waals surface area (Å²) in [6.45, 7) is 0.583. The monoisotopic (exact) mass is 279 g/mol. The molecule has 6 heteroatoms. The first-order valence-electron chi connectivity index (χ1n) is 7.01. The Morgan fingerprint density at radius 1 is 1.43 bits per heavy atom. The third kappa shape index (κ3) is 1.74. The summed E-state index contributed by atoms with van der Waals surface area (Å²) in [6, 6.07) is 3.63. The van der Waals surface area contributed by atoms with E-state index in [1.165, 1.54) is 5.56 Å². The Labute approximate surface area is 121 Å². The smallest absolute Gasteiger partial charge is 0.270 e. The van der Waals surface area contributed by atoms with Crippen molar-refractivity contribution >= 4 is 5.91 Å². The molecule has 21 heavy (non-hydrogen) atoms. The topological polar surface area (TPSA) is 83.6 Å². The normalized spacial score (nSPS) is 19.6. The molecule has 2 aromatic heterocycles. The fourth-order valence-electron chi connectivity index (χ4n) is 3.13. The Morgan fingerprint density at radius 3 is 3.19 bits per heavy atom. The van der Waals surface area contributed by atoms with Gasteiger partial charge in [0.15, 0.2) is 0 Å². The molecule has 0 saturated carbocycles. The van der Waals surface area contributed by atoms with Crippen molar-refractivity contribution in [2.24, 2.45) is 0 Å². The SMILES string of the molecule is N#CC1CCn2nc3c(c2C(=O)N1)CCc1cnccc1-3. The van der Waals surface area contributed by atoms with Gasteiger partial charge in [0.2, 0.25) is 0 Å². The Bertz CT molecular complexity index is 786. The quantitative estimate of drug-likeness (QED) is 0.781. The Kier molecular flexibility index (Phi) is 2.54. The summed E-state index contributed by atoms with van der Waals surface area (Å²) in [5.74, 6) is -0.190. The van der Waals surface area contributed by atoms with Crippen LogP contribution in [0.5, 0.6) is 0 Å². The van der Waals surface area contributed by atoms with Crippen LogP contribution in [-0.2, 0) is 19.4 Å². The fraction of sp³-hybridized carbons (Fsp3) is 0.333. The lowest BCUT2D eigenvalue weighted by Gasteiger charge is -2.15. The molecular weight excluding hydrogens is 266 g/mol. The molecule has 2 aromatic rings. The van der Waals surface area contributed by atoms with E-state index < -0.39 is 6.04 Å². The number of hydrogen-bond donors (Lipinski definition) is 1. The van der Waals surface area contributed by atoms with E-state index in [0.29, 0.717) is 18.7 Å². The molecule has 3 heterocycles. The van der Waals surface area contributed by atoms with Crippen LogP contribution < -0.4 is 5.32 Å². The van der Waals surface area contributed by atoms with Gasteiger partial charge in [-0.3, -0.25) is 14.5 Å². The van der Waals surface area contributed by atoms with Crippen LogP contribution in [0, 0.1) is 11.3 Å². The van der Waals surface area contributed by atoms with Crippen LogP contribution in [-0.4, -0.2) is 26.7 Å². The zero-order chi connectivity index (χ0) is 14.4. The van der Waals surface area contributed by atoms with E-state index in [1.54, 1.807) is 10.9 Å². The highest BCUT2D eigenvalue weighted by Gasteiger charge is 2.31. The zero-order valence-corrected chi connectivity index (χ0v) is 11.3. The molecule has 1 unspecified atom stereocenters. The number of carbonyl (C=O) groups excluding carboxylic acids is 1. The fourth-order valence-corrected chi connectivity index (χ4v) is 3.13. The van der Waals surface area contributed by atoms with E-state index in [-0.39, 0.29) is 5.91 Å². The van der Waals surface area contributed by atoms with Crippen LogP contribution in [0.25, 0.3) is 11.3 Å². The Hall–Kier alpha value is -2.68. The second-order valence-electron chi connectivity index (χ2n) is 5.38. The highest BCUT2D eigenvalue weighted by molar-refractivity contribution is 5.97. The van der Waals surface area contributed by atoms with E-state index >= 15 is 0 Å². The maximum absolute atomic E-state index is 12.4. The Morgan fingerprint density at radius 2 is 2.33 bits per heavy atom. The van der Waals surface area contributed by atoms with Crippen molar-refractivity contribution in [3.8, 4) is 17.3 Å². The first-order chi connectivity index (χ1) is 10.3. The van der Waals surface area contributed by atoms with Gasteiger partial charge in [-0.25, -0.2) is 0 Å². The third-order valence-electron chi connectivity index (χ3n) is 4.16. The van der Waals surface area contributed by atoms with Crippen LogP contribution in [0.1, 0.15) is 28.0 Å². The number of amides is 1. The highest BCUT2D eigenvalue weighted by atomic mass is 16.2. The average Bonchev–Trinajstić information content (AvgIpc) is 2.82. The van der Waals surface area contributed by atoms with Gasteiger partial charge in [-0.2, -0.15) is 10.4 Å². The molecule has 6 nitrogen and oxygen atoms in total. The van der Waals surface area contributed by atoms with E-state index in [2.05, 4.69) is 21.5 Å². The zero-order valence-electron chi connectivity index (χ0n) is 11.3. The lowest BCUT2D eigenvalue weighted by atomic mass is 9.90. The molecule has 0 fully saturated rings. The largest absolute Gasteiger partial charge is 0.335 e. The highest BCUT2D eigenvalue weighted by Crippen LogP contribution is 2.34. The molecule has 0 aromatic carbocycles. The molecule has 1 N–H and O–H groups in total. The maximum atomic E-state index is 12.4. The number of nitriles is 1. The van der Waals surface area contributed by atoms with Crippen molar-refractivity contribution in [3.63, 3.8) is 0 Å². The molecule has 1 aliphatic heterocycles. The van der Waals surface area contributed by atoms with Gasteiger partial charge >= 0.3 is 0 Å². The van der Waals surface area contributed by atoms with E-state index in [9.17, 15) is 4.79 Å². The molecule has 1 amide bonds. The summed E-state index contributed by atoms with van der Waals surface area (Å²) < 4.78 is 1.76. The number of carbonyl (C=O) groups is 1. The van der Waals surface area contributed by atoms with E-state index in [0.717, 1.165) is 29.7 Å². The molecule has 4 rings (SSSR count). The van der Waals surface area contributed by atoms with Gasteiger partial charge in [-0.1, -0.05) is 0 Å². The molecule has 1 aliphatic carbocycles. The first-order valence-corrected chi connectivity index (χ1v) is 7.01. The molecule has 104 valence electrons. The molecule has 0 radical (unpaired) electrons. The standard InChI is InChI=1S/C15H13N5O/c16-7-10-4-6-20-14(15(21)18-10)12-2-1-9-8-17-5-3-11(9)13(12)19-20/h3,5,8,10H,1-2,4,6H2,(H,18,21). The van der Waals surface area contributed by atoms with Crippen LogP contribution in [0.2, 0.25) is 0 Å². The molecule has 2 aliphatic rings. The predicted octanol–water partition coefficient (Wildman–Crippen LogP) is 1.07. The lowest BCUT2D eigenvalue weighted by Crippen LogP contribution is -2.32. The minimum Gasteiger partial charge on any atom is -0.335 e. The van der Waals surface area contributed by atoms with Gasteiger partial charge in [-0.05, 0) is 24.5 Å². The van der Waals surface area contributed by atoms with Crippen molar-refractivity contribution in [2.45, 2.75) is 31.8 Å². The third-order valence-corrected chi connectivity index (χ3v) is 4.16. The van der Waals surface area contributed by atoms with Crippen molar-refractivity contribution < 1.29 is 4.79 Å². The van der Waals surface area contributed by atoms with Crippen molar-refractivity contribution in [1.29, 1.82) is 5.26 Å². The predicted molar refractivity (Wildman–Crippen MR) is 74.4 cm³/mol. The second kappa shape index (κ2) is 4.42. The van der Waals surface area contributed by atoms with Gasteiger partial charge in [0.1, 0.15) is 11.7 Å². The number of aryl methyl sites for hydroxylation is 2. The van der Waals surface area contributed by atoms with Gasteiger partial charge in [0.05, 0.1) is 11.8 Å². The molecule has 1 atom stereocenters. The number of hydrogen-bond acceptors (Lipinski definition) is 4. The van der Waals surface area contributed by atoms with Gasteiger partial charge in [0.25, 0.3) is 5.91 Å². The van der Waals surface area contributed by atoms with Crippen molar-refractivity contribution in [1.82, 2.24) is 20.1 Å². The average molecular weight is 279 g/mol. The van der Waals surface area contributed by atoms with Crippen LogP contribution >= 0.6 is 0 Å². The second-order valence-corrected chi connectivity index (χ2v) is 5.38. The van der Waals surface area contributed by atoms with E-state index in [1.807, 2.05) is 12.3 Å². The summed E-state index contributed by atoms with van der Waals surface area (Å²) in [5.41, 5.74) is 4.74. The van der Waals surface area contributed by atoms with Gasteiger partial charge < -0.3 is 5.32 Å². The summed E-state index contributed by atoms with van der Waals surface area (Å²) in [7, 11) is 0. The lowest BCUT2D eigenvalue weighted by molar-refractivity contribution is 0.0941. The minimum absolute atomic E-state index is 0.190. The van der Waals surface area contributed by atoms with Gasteiger partial charge in [0, 0.05) is 36.5 Å². The summed E-state index contributed by atoms with van der Waals surface area (Å²) in [6.07, 6.45) is 5.86. The summed E-state index contributed by atoms with van der Waals surface area (Å²) in [4.78, 5) is 16.5. The van der Waals surface area contributed by atoms with Crippen molar-refractivity contribution in [2.75, 3.05) is 0 Å². The Balaban J connectivity index is 1.87. The van der Waals surface area contributed by atoms with Gasteiger partial charge in [-0.15, -0.1) is 0 Å². The number of nitrogens with one attached hydrogen (secondary N) is 1. The van der Waals surface area contributed by atoms with Crippen LogP contribution in [0.15, 0.2) is 18.5 Å². The van der Waals surface area contributed by atoms with Crippen molar-refractivity contribution in [3.05, 3.63) is 35.3 Å². The first kappa shape index (κ1) is 12.1. The molecular formula is C15H13N5O. The molecule has 0 bridgehead atoms. The number of rotatable bonds is 0. The number of pyridine rings is 1. The number of aromatic nitrogens is 3. The minimum atomic E-state index is -0.435. The number of nitrogens with zero attached hydrogens (tertiary/aromatic N) is 4. The molecule has 0 spiro atoms. The molecule has 0 saturated heterocycles. The summed E-state index contributed by atoms with van der Waals surface area (Å²) in [5, 5.41) is 16.4. The summed E-state index contributed by atoms with van der Waals surface area (Å²) >= 11 is 0. The van der Waals surface area contributed by atoms with Crippen LogP contribution in [0.3, 0.4) is 0 Å².